The summed E-state index contributed by atoms with van der Waals surface area (Å²) in [6, 6.07) is 13.5. The van der Waals surface area contributed by atoms with E-state index < -0.39 is 21.8 Å². The Hall–Kier alpha value is -3.19. The minimum Gasteiger partial charge on any atom is -0.462 e. The fraction of sp³-hybridized carbons (Fsp3) is 0.217. The molecule has 2 aromatic carbocycles. The summed E-state index contributed by atoms with van der Waals surface area (Å²) in [6.07, 6.45) is 1.19. The van der Waals surface area contributed by atoms with E-state index in [-0.39, 0.29) is 28.3 Å². The van der Waals surface area contributed by atoms with Crippen molar-refractivity contribution in [3.05, 3.63) is 77.0 Å². The van der Waals surface area contributed by atoms with Crippen molar-refractivity contribution in [1.29, 1.82) is 0 Å². The molecule has 0 aliphatic carbocycles. The van der Waals surface area contributed by atoms with Gasteiger partial charge in [0.05, 0.1) is 28.3 Å². The lowest BCUT2D eigenvalue weighted by molar-refractivity contribution is 0.0523. The Morgan fingerprint density at radius 3 is 2.20 bits per heavy atom. The van der Waals surface area contributed by atoms with Crippen LogP contribution < -0.4 is 0 Å². The van der Waals surface area contributed by atoms with Crippen molar-refractivity contribution in [2.24, 2.45) is 0 Å². The van der Waals surface area contributed by atoms with E-state index >= 15 is 0 Å². The number of aromatic nitrogens is 1. The van der Waals surface area contributed by atoms with Crippen LogP contribution in [0.1, 0.15) is 45.7 Å². The molecule has 30 heavy (non-hydrogen) atoms. The minimum atomic E-state index is -4.08. The van der Waals surface area contributed by atoms with Crippen molar-refractivity contribution in [2.75, 3.05) is 6.61 Å². The Morgan fingerprint density at radius 1 is 1.00 bits per heavy atom. The Kier molecular flexibility index (Phi) is 5.94. The number of esters is 1. The second kappa shape index (κ2) is 8.28. The average Bonchev–Trinajstić information content (AvgIpc) is 3.10. The number of carbonyl (C=O) groups excluding carboxylic acids is 2. The maximum atomic E-state index is 13.5. The second-order valence-electron chi connectivity index (χ2n) is 6.97. The van der Waals surface area contributed by atoms with E-state index in [1.165, 1.54) is 25.3 Å². The van der Waals surface area contributed by atoms with Crippen LogP contribution in [0.2, 0.25) is 0 Å². The van der Waals surface area contributed by atoms with Gasteiger partial charge in [0.15, 0.2) is 5.78 Å². The van der Waals surface area contributed by atoms with Gasteiger partial charge in [-0.15, -0.1) is 0 Å². The van der Waals surface area contributed by atoms with Gasteiger partial charge in [-0.1, -0.05) is 42.0 Å². The number of rotatable bonds is 6. The van der Waals surface area contributed by atoms with Gasteiger partial charge in [-0.3, -0.25) is 4.79 Å². The van der Waals surface area contributed by atoms with Crippen LogP contribution >= 0.6 is 0 Å². The first-order valence-electron chi connectivity index (χ1n) is 9.50. The molecule has 156 valence electrons. The molecule has 0 bridgehead atoms. The highest BCUT2D eigenvalue weighted by molar-refractivity contribution is 7.90. The zero-order valence-electron chi connectivity index (χ0n) is 17.3. The van der Waals surface area contributed by atoms with E-state index in [1.54, 1.807) is 31.2 Å². The zero-order chi connectivity index (χ0) is 22.1. The number of hydrogen-bond acceptors (Lipinski definition) is 5. The number of aryl methyl sites for hydroxylation is 2. The van der Waals surface area contributed by atoms with Gasteiger partial charge in [0, 0.05) is 11.8 Å². The molecule has 3 rings (SSSR count). The van der Waals surface area contributed by atoms with Crippen molar-refractivity contribution < 1.29 is 22.7 Å². The third kappa shape index (κ3) is 3.80. The molecule has 6 nitrogen and oxygen atoms in total. The number of Topliss-reactive ketones (excluding diaryl/α,β-unsaturated/α-hetero) is 1. The molecule has 1 heterocycles. The third-order valence-corrected chi connectivity index (χ3v) is 6.47. The maximum Gasteiger partial charge on any atom is 0.340 e. The molecule has 0 N–H and O–H groups in total. The van der Waals surface area contributed by atoms with Crippen LogP contribution in [0, 0.1) is 13.8 Å². The van der Waals surface area contributed by atoms with Crippen LogP contribution in [0.3, 0.4) is 0 Å². The van der Waals surface area contributed by atoms with E-state index in [0.717, 1.165) is 15.1 Å². The normalized spacial score (nSPS) is 11.3. The highest BCUT2D eigenvalue weighted by Crippen LogP contribution is 2.34. The first-order chi connectivity index (χ1) is 14.2. The molecule has 0 aliphatic rings. The van der Waals surface area contributed by atoms with Gasteiger partial charge >= 0.3 is 5.97 Å². The van der Waals surface area contributed by atoms with E-state index in [0.29, 0.717) is 5.56 Å². The quantitative estimate of drug-likeness (QED) is 0.432. The summed E-state index contributed by atoms with van der Waals surface area (Å²) < 4.78 is 33.1. The summed E-state index contributed by atoms with van der Waals surface area (Å²) in [5.41, 5.74) is 2.35. The molecule has 7 heteroatoms. The summed E-state index contributed by atoms with van der Waals surface area (Å²) >= 11 is 0. The van der Waals surface area contributed by atoms with Crippen molar-refractivity contribution >= 4 is 21.8 Å². The number of ketones is 1. The van der Waals surface area contributed by atoms with Crippen LogP contribution in [-0.2, 0) is 14.8 Å². The summed E-state index contributed by atoms with van der Waals surface area (Å²) in [7, 11) is -4.08. The molecule has 0 aliphatic heterocycles. The van der Waals surface area contributed by atoms with Crippen molar-refractivity contribution in [2.45, 2.75) is 32.6 Å². The topological polar surface area (TPSA) is 82.4 Å². The molecule has 0 spiro atoms. The first-order valence-corrected chi connectivity index (χ1v) is 10.9. The molecule has 0 radical (unpaired) electrons. The summed E-state index contributed by atoms with van der Waals surface area (Å²) in [5.74, 6) is -1.16. The molecule has 0 amide bonds. The Balaban J connectivity index is 2.41. The Bertz CT molecular complexity index is 1220. The fourth-order valence-electron chi connectivity index (χ4n) is 3.31. The van der Waals surface area contributed by atoms with Crippen LogP contribution in [0.25, 0.3) is 11.3 Å². The highest BCUT2D eigenvalue weighted by Gasteiger charge is 2.31. The van der Waals surface area contributed by atoms with E-state index in [9.17, 15) is 18.0 Å². The lowest BCUT2D eigenvalue weighted by Gasteiger charge is -2.14. The molecule has 0 fully saturated rings. The first kappa shape index (κ1) is 21.5. The standard InChI is InChI=1S/C23H23NO5S/c1-5-29-23(26)20-14-24(30(27,28)18-12-10-15(2)11-13-18)22(21(20)17(4)25)19-9-7-6-8-16(19)3/h6-14H,5H2,1-4H3. The number of benzene rings is 2. The molecule has 0 saturated carbocycles. The highest BCUT2D eigenvalue weighted by atomic mass is 32.2. The van der Waals surface area contributed by atoms with Gasteiger partial charge in [0.1, 0.15) is 0 Å². The van der Waals surface area contributed by atoms with E-state index in [1.807, 2.05) is 26.0 Å². The summed E-state index contributed by atoms with van der Waals surface area (Å²) in [5, 5.41) is 0. The minimum absolute atomic E-state index is 0.0263. The number of ether oxygens (including phenoxy) is 1. The SMILES string of the molecule is CCOC(=O)c1cn(S(=O)(=O)c2ccc(C)cc2)c(-c2ccccc2C)c1C(C)=O. The van der Waals surface area contributed by atoms with Crippen molar-refractivity contribution in [3.63, 3.8) is 0 Å². The fourth-order valence-corrected chi connectivity index (χ4v) is 4.69. The Morgan fingerprint density at radius 2 is 1.63 bits per heavy atom. The van der Waals surface area contributed by atoms with Crippen LogP contribution in [0.5, 0.6) is 0 Å². The van der Waals surface area contributed by atoms with Gasteiger partial charge in [0.2, 0.25) is 0 Å². The van der Waals surface area contributed by atoms with Gasteiger partial charge in [-0.25, -0.2) is 17.2 Å². The van der Waals surface area contributed by atoms with Crippen LogP contribution in [0.4, 0.5) is 0 Å². The van der Waals surface area contributed by atoms with Gasteiger partial charge < -0.3 is 4.74 Å². The average molecular weight is 426 g/mol. The van der Waals surface area contributed by atoms with Crippen LogP contribution in [-0.4, -0.2) is 30.7 Å². The van der Waals surface area contributed by atoms with Gasteiger partial charge in [-0.2, -0.15) is 0 Å². The van der Waals surface area contributed by atoms with E-state index in [2.05, 4.69) is 0 Å². The zero-order valence-corrected chi connectivity index (χ0v) is 18.1. The molecule has 0 atom stereocenters. The predicted molar refractivity (Wildman–Crippen MR) is 114 cm³/mol. The monoisotopic (exact) mass is 425 g/mol. The summed E-state index contributed by atoms with van der Waals surface area (Å²) in [6.45, 7) is 6.73. The smallest absolute Gasteiger partial charge is 0.340 e. The largest absolute Gasteiger partial charge is 0.462 e. The molecule has 0 saturated heterocycles. The van der Waals surface area contributed by atoms with Gasteiger partial charge in [0.25, 0.3) is 10.0 Å². The number of carbonyl (C=O) groups is 2. The summed E-state index contributed by atoms with van der Waals surface area (Å²) in [4.78, 5) is 25.2. The molecular weight excluding hydrogens is 402 g/mol. The Labute approximate surface area is 176 Å². The predicted octanol–water partition coefficient (Wildman–Crippen LogP) is 4.39. The lowest BCUT2D eigenvalue weighted by Crippen LogP contribution is -2.14. The molecule has 3 aromatic rings. The molecular formula is C23H23NO5S. The van der Waals surface area contributed by atoms with Crippen LogP contribution in [0.15, 0.2) is 59.6 Å². The number of nitrogens with zero attached hydrogens (tertiary/aromatic N) is 1. The van der Waals surface area contributed by atoms with Crippen molar-refractivity contribution in [3.8, 4) is 11.3 Å². The lowest BCUT2D eigenvalue weighted by atomic mass is 9.99. The second-order valence-corrected chi connectivity index (χ2v) is 8.79. The van der Waals surface area contributed by atoms with E-state index in [4.69, 9.17) is 4.74 Å². The molecule has 0 unspecified atom stereocenters. The molecule has 1 aromatic heterocycles. The third-order valence-electron chi connectivity index (χ3n) is 4.80. The maximum absolute atomic E-state index is 13.5. The van der Waals surface area contributed by atoms with Gasteiger partial charge in [-0.05, 0) is 45.4 Å². The number of hydrogen-bond donors (Lipinski definition) is 0. The van der Waals surface area contributed by atoms with Crippen molar-refractivity contribution in [1.82, 2.24) is 3.97 Å².